The fraction of sp³-hybridized carbons (Fsp3) is 0.566. The molecular formula is C53H76N8O11S. The van der Waals surface area contributed by atoms with Crippen molar-refractivity contribution >= 4 is 75.9 Å². The fourth-order valence-electron chi connectivity index (χ4n) is 8.69. The number of carbonyl (C=O) groups is 9. The molecule has 20 heteroatoms. The number of nitrogens with one attached hydrogen (secondary N) is 7. The van der Waals surface area contributed by atoms with Crippen LogP contribution in [0.15, 0.2) is 54.7 Å². The zero-order valence-corrected chi connectivity index (χ0v) is 43.4. The van der Waals surface area contributed by atoms with Crippen LogP contribution in [0.1, 0.15) is 134 Å². The summed E-state index contributed by atoms with van der Waals surface area (Å²) in [6.07, 6.45) is 15.0. The predicted molar refractivity (Wildman–Crippen MR) is 279 cm³/mol. The minimum absolute atomic E-state index is 0.0130. The number of aromatic hydroxyl groups is 1. The number of fused-ring (bicyclic) bond motifs is 1. The van der Waals surface area contributed by atoms with Gasteiger partial charge in [-0.15, -0.1) is 0 Å². The molecular weight excluding hydrogens is 957 g/mol. The highest BCUT2D eigenvalue weighted by molar-refractivity contribution is 7.98. The molecule has 1 saturated heterocycles. The number of hydrogen-bond acceptors (Lipinski definition) is 11. The highest BCUT2D eigenvalue weighted by Gasteiger charge is 2.40. The SMILES string of the molecule is CCCCCCCCCCCCNC(=O)[C@H](CC(=O)O)NC(=O)[C@H](CCSC)NC(=O)[C@H](Cc1c[nH]c2ccccc12)NC(=O)CNC(=O)[C@H](CCCC)NC(=O)[C@H](Cc1ccc(O)cc1)N1C(=O)CCC1=O. The summed E-state index contributed by atoms with van der Waals surface area (Å²) in [6.45, 7) is 3.76. The van der Waals surface area contributed by atoms with Crippen LogP contribution in [0.3, 0.4) is 0 Å². The standard InChI is InChI=1S/C53H76N8O11S/c1-4-6-8-9-10-11-12-13-14-17-28-54-50(69)43(32-48(66)67)60-51(70)41(27-29-73-3)58-52(71)42(31-36-33-55-39-20-16-15-18-38(36)39)57-45(63)34-56-49(68)40(19-7-5-2)59-53(72)44(61-46(64)25-26-47(61)65)30-35-21-23-37(62)24-22-35/h15-16,18,20-24,33,40-44,55,62H,4-14,17,19,25-32,34H2,1-3H3,(H,54,69)(H,56,68)(H,57,63)(H,58,71)(H,59,72)(H,60,70)(H,66,67)/t40-,41-,42-,43-,44-/m0/s1. The summed E-state index contributed by atoms with van der Waals surface area (Å²) in [5.74, 6) is -6.44. The maximum absolute atomic E-state index is 14.3. The normalized spacial score (nSPS) is 14.4. The number of aromatic nitrogens is 1. The Kier molecular flexibility index (Phi) is 25.8. The molecule has 2 aromatic carbocycles. The van der Waals surface area contributed by atoms with Crippen molar-refractivity contribution in [2.75, 3.05) is 25.1 Å². The summed E-state index contributed by atoms with van der Waals surface area (Å²) in [5, 5.41) is 36.2. The predicted octanol–water partition coefficient (Wildman–Crippen LogP) is 4.69. The van der Waals surface area contributed by atoms with E-state index in [1.807, 2.05) is 37.4 Å². The van der Waals surface area contributed by atoms with Gasteiger partial charge in [0.05, 0.1) is 13.0 Å². The summed E-state index contributed by atoms with van der Waals surface area (Å²) in [4.78, 5) is 125. The van der Waals surface area contributed by atoms with Gasteiger partial charge < -0.3 is 47.1 Å². The van der Waals surface area contributed by atoms with Crippen LogP contribution in [-0.2, 0) is 56.0 Å². The molecule has 0 radical (unpaired) electrons. The summed E-state index contributed by atoms with van der Waals surface area (Å²) < 4.78 is 0. The highest BCUT2D eigenvalue weighted by Crippen LogP contribution is 2.22. The van der Waals surface area contributed by atoms with Gasteiger partial charge in [-0.25, -0.2) is 0 Å². The van der Waals surface area contributed by atoms with Gasteiger partial charge in [0.1, 0.15) is 36.0 Å². The first-order chi connectivity index (χ1) is 35.1. The number of hydrogen-bond donors (Lipinski definition) is 9. The van der Waals surface area contributed by atoms with Gasteiger partial charge in [-0.1, -0.05) is 115 Å². The van der Waals surface area contributed by atoms with E-state index in [9.17, 15) is 53.4 Å². The van der Waals surface area contributed by atoms with Gasteiger partial charge in [-0.2, -0.15) is 11.8 Å². The molecule has 1 aliphatic heterocycles. The van der Waals surface area contributed by atoms with Gasteiger partial charge in [-0.05, 0) is 60.6 Å². The highest BCUT2D eigenvalue weighted by atomic mass is 32.2. The Morgan fingerprint density at radius 3 is 1.86 bits per heavy atom. The molecule has 2 heterocycles. The van der Waals surface area contributed by atoms with Crippen molar-refractivity contribution in [1.82, 2.24) is 41.8 Å². The second-order valence-corrected chi connectivity index (χ2v) is 19.6. The lowest BCUT2D eigenvalue weighted by Crippen LogP contribution is -2.58. The van der Waals surface area contributed by atoms with Crippen LogP contribution in [0.4, 0.5) is 0 Å². The molecule has 3 aromatic rings. The first-order valence-corrected chi connectivity index (χ1v) is 27.2. The fourth-order valence-corrected chi connectivity index (χ4v) is 9.16. The number of thioether (sulfide) groups is 1. The lowest BCUT2D eigenvalue weighted by Gasteiger charge is -2.28. The van der Waals surface area contributed by atoms with Crippen molar-refractivity contribution < 1.29 is 53.4 Å². The van der Waals surface area contributed by atoms with E-state index in [-0.39, 0.29) is 44.3 Å². The minimum atomic E-state index is -1.42. The van der Waals surface area contributed by atoms with Crippen LogP contribution >= 0.6 is 11.8 Å². The molecule has 0 aliphatic carbocycles. The molecule has 1 fully saturated rings. The number of unbranched alkanes of at least 4 members (excludes halogenated alkanes) is 10. The molecule has 0 saturated carbocycles. The first-order valence-electron chi connectivity index (χ1n) is 25.8. The number of imide groups is 1. The molecule has 8 amide bonds. The number of aromatic amines is 1. The zero-order valence-electron chi connectivity index (χ0n) is 42.6. The molecule has 4 rings (SSSR count). The molecule has 1 aliphatic rings. The summed E-state index contributed by atoms with van der Waals surface area (Å²) in [5.41, 5.74) is 1.98. The summed E-state index contributed by atoms with van der Waals surface area (Å²) in [7, 11) is 0. The van der Waals surface area contributed by atoms with E-state index >= 15 is 0 Å². The number of phenolic OH excluding ortho intramolecular Hbond substituents is 1. The molecule has 0 unspecified atom stereocenters. The van der Waals surface area contributed by atoms with Crippen molar-refractivity contribution in [3.63, 3.8) is 0 Å². The van der Waals surface area contributed by atoms with E-state index in [1.54, 1.807) is 18.3 Å². The number of para-hydroxylation sites is 1. The number of amides is 8. The molecule has 0 spiro atoms. The average Bonchev–Trinajstić information content (AvgIpc) is 3.94. The van der Waals surface area contributed by atoms with E-state index in [1.165, 1.54) is 56.0 Å². The van der Waals surface area contributed by atoms with Crippen LogP contribution < -0.4 is 31.9 Å². The summed E-state index contributed by atoms with van der Waals surface area (Å²) in [6, 6.07) is 6.85. The minimum Gasteiger partial charge on any atom is -0.508 e. The van der Waals surface area contributed by atoms with Gasteiger partial charge in [0.15, 0.2) is 0 Å². The maximum Gasteiger partial charge on any atom is 0.305 e. The third-order valence-electron chi connectivity index (χ3n) is 12.8. The maximum atomic E-state index is 14.3. The third kappa shape index (κ3) is 20.2. The Bertz CT molecular complexity index is 2290. The van der Waals surface area contributed by atoms with Crippen molar-refractivity contribution in [1.29, 1.82) is 0 Å². The Balaban J connectivity index is 1.44. The number of likely N-dealkylation sites (tertiary alicyclic amines) is 1. The Morgan fingerprint density at radius 1 is 0.644 bits per heavy atom. The Morgan fingerprint density at radius 2 is 1.22 bits per heavy atom. The van der Waals surface area contributed by atoms with Gasteiger partial charge in [-0.3, -0.25) is 48.1 Å². The quantitative estimate of drug-likeness (QED) is 0.0287. The van der Waals surface area contributed by atoms with E-state index < -0.39 is 96.4 Å². The second kappa shape index (κ2) is 31.9. The molecule has 19 nitrogen and oxygen atoms in total. The molecule has 0 bridgehead atoms. The van der Waals surface area contributed by atoms with Crippen LogP contribution in [0.25, 0.3) is 10.9 Å². The van der Waals surface area contributed by atoms with Crippen molar-refractivity contribution in [2.24, 2.45) is 0 Å². The van der Waals surface area contributed by atoms with E-state index in [2.05, 4.69) is 43.8 Å². The number of H-pyrrole nitrogens is 1. The van der Waals surface area contributed by atoms with Gasteiger partial charge >= 0.3 is 5.97 Å². The number of carboxylic acid groups (broad SMARTS) is 1. The molecule has 1 aromatic heterocycles. The lowest BCUT2D eigenvalue weighted by molar-refractivity contribution is -0.147. The van der Waals surface area contributed by atoms with Crippen molar-refractivity contribution in [2.45, 2.75) is 166 Å². The lowest BCUT2D eigenvalue weighted by atomic mass is 10.0. The first kappa shape index (κ1) is 59.1. The second-order valence-electron chi connectivity index (χ2n) is 18.6. The van der Waals surface area contributed by atoms with E-state index in [0.717, 1.165) is 41.5 Å². The Labute approximate surface area is 432 Å². The molecule has 73 heavy (non-hydrogen) atoms. The zero-order chi connectivity index (χ0) is 53.1. The number of rotatable bonds is 35. The van der Waals surface area contributed by atoms with Gasteiger partial charge in [0.2, 0.25) is 47.3 Å². The van der Waals surface area contributed by atoms with Gasteiger partial charge in [0, 0.05) is 49.3 Å². The van der Waals surface area contributed by atoms with Crippen LogP contribution in [0.2, 0.25) is 0 Å². The van der Waals surface area contributed by atoms with Crippen LogP contribution in [-0.4, -0.2) is 129 Å². The van der Waals surface area contributed by atoms with E-state index in [0.29, 0.717) is 42.7 Å². The smallest absolute Gasteiger partial charge is 0.305 e. The molecule has 400 valence electrons. The largest absolute Gasteiger partial charge is 0.508 e. The third-order valence-corrected chi connectivity index (χ3v) is 13.5. The van der Waals surface area contributed by atoms with Crippen molar-refractivity contribution in [3.05, 3.63) is 65.9 Å². The number of nitrogens with zero attached hydrogens (tertiary/aromatic N) is 1. The monoisotopic (exact) mass is 1030 g/mol. The Hall–Kier alpha value is -6.44. The van der Waals surface area contributed by atoms with Gasteiger partial charge in [0.25, 0.3) is 0 Å². The topological polar surface area (TPSA) is 285 Å². The van der Waals surface area contributed by atoms with Crippen molar-refractivity contribution in [3.8, 4) is 5.75 Å². The number of carboxylic acids is 1. The number of aliphatic carboxylic acids is 1. The van der Waals surface area contributed by atoms with E-state index in [4.69, 9.17) is 0 Å². The number of benzene rings is 2. The van der Waals surface area contributed by atoms with Crippen LogP contribution in [0.5, 0.6) is 5.75 Å². The summed E-state index contributed by atoms with van der Waals surface area (Å²) >= 11 is 1.40. The van der Waals surface area contributed by atoms with Crippen LogP contribution in [0, 0.1) is 0 Å². The number of phenols is 1. The molecule has 5 atom stereocenters. The molecule has 9 N–H and O–H groups in total. The number of carbonyl (C=O) groups excluding carboxylic acids is 8. The average molecular weight is 1030 g/mol.